The molecule has 0 bridgehead atoms. The first-order valence-corrected chi connectivity index (χ1v) is 10.9. The lowest BCUT2D eigenvalue weighted by atomic mass is 9.91. The van der Waals surface area contributed by atoms with Crippen molar-refractivity contribution in [1.82, 2.24) is 10.2 Å². The number of ketones is 1. The maximum absolute atomic E-state index is 13.1. The lowest BCUT2D eigenvalue weighted by Crippen LogP contribution is -2.39. The zero-order valence-corrected chi connectivity index (χ0v) is 18.2. The number of ether oxygens (including phenoxy) is 1. The molecule has 0 aliphatic carbocycles. The smallest absolute Gasteiger partial charge is 0.257 e. The van der Waals surface area contributed by atoms with E-state index in [1.165, 1.54) is 0 Å². The van der Waals surface area contributed by atoms with Gasteiger partial charge in [-0.1, -0.05) is 45.0 Å². The lowest BCUT2D eigenvalue weighted by Gasteiger charge is -2.26. The van der Waals surface area contributed by atoms with Gasteiger partial charge in [0.05, 0.1) is 12.1 Å². The Morgan fingerprint density at radius 1 is 1.13 bits per heavy atom. The molecule has 4 rings (SSSR count). The molecule has 2 unspecified atom stereocenters. The lowest BCUT2D eigenvalue weighted by molar-refractivity contribution is -0.123. The first-order valence-electron chi connectivity index (χ1n) is 10.9. The maximum atomic E-state index is 13.1. The van der Waals surface area contributed by atoms with Gasteiger partial charge in [-0.2, -0.15) is 0 Å². The minimum Gasteiger partial charge on any atom is -0.484 e. The summed E-state index contributed by atoms with van der Waals surface area (Å²) < 4.78 is 5.57. The molecule has 0 aromatic heterocycles. The molecule has 162 valence electrons. The van der Waals surface area contributed by atoms with E-state index in [1.54, 1.807) is 4.90 Å². The Morgan fingerprint density at radius 3 is 2.52 bits per heavy atom. The highest BCUT2D eigenvalue weighted by Gasteiger charge is 2.51. The van der Waals surface area contributed by atoms with Crippen LogP contribution in [0.4, 0.5) is 0 Å². The number of carbonyl (C=O) groups excluding carboxylic acids is 3. The van der Waals surface area contributed by atoms with Crippen molar-refractivity contribution in [2.24, 2.45) is 5.92 Å². The van der Waals surface area contributed by atoms with Crippen LogP contribution in [0.2, 0.25) is 0 Å². The molecular weight excluding hydrogens is 392 g/mol. The number of Topliss-reactive ketones (excluding diaryl/α,β-unsaturated/α-hetero) is 1. The maximum Gasteiger partial charge on any atom is 0.257 e. The van der Waals surface area contributed by atoms with Gasteiger partial charge < -0.3 is 15.0 Å². The van der Waals surface area contributed by atoms with Gasteiger partial charge in [0.25, 0.3) is 11.8 Å². The number of carbonyl (C=O) groups is 3. The Balaban J connectivity index is 1.58. The molecule has 2 aliphatic rings. The minimum atomic E-state index is -0.354. The quantitative estimate of drug-likeness (QED) is 0.740. The third kappa shape index (κ3) is 3.82. The second kappa shape index (κ2) is 8.53. The van der Waals surface area contributed by atoms with Crippen LogP contribution in [0.25, 0.3) is 11.1 Å². The van der Waals surface area contributed by atoms with Crippen molar-refractivity contribution in [3.63, 3.8) is 0 Å². The number of rotatable bonds is 7. The molecule has 0 spiro atoms. The van der Waals surface area contributed by atoms with Crippen LogP contribution in [-0.2, 0) is 9.59 Å². The Hall–Kier alpha value is -3.15. The van der Waals surface area contributed by atoms with Gasteiger partial charge in [0.1, 0.15) is 5.75 Å². The molecule has 2 aromatic rings. The van der Waals surface area contributed by atoms with Crippen LogP contribution in [0.3, 0.4) is 0 Å². The van der Waals surface area contributed by atoms with Crippen LogP contribution in [0.15, 0.2) is 42.5 Å². The standard InChI is InChI=1S/C25H28N2O4/c1-4-12-26-22(29)14-31-17-10-8-16(9-11-17)18-6-5-7-19-23(18)20-13-21(28)24(15(2)3)27(20)25(19)30/h5-11,15,20,24H,4,12-14H2,1-3H3,(H,26,29). The van der Waals surface area contributed by atoms with Crippen molar-refractivity contribution in [1.29, 1.82) is 0 Å². The molecule has 2 atom stereocenters. The normalized spacial score (nSPS) is 19.5. The topological polar surface area (TPSA) is 75.7 Å². The van der Waals surface area contributed by atoms with Gasteiger partial charge in [-0.25, -0.2) is 0 Å². The van der Waals surface area contributed by atoms with E-state index >= 15 is 0 Å². The highest BCUT2D eigenvalue weighted by Crippen LogP contribution is 2.48. The number of benzene rings is 2. The molecule has 1 saturated heterocycles. The molecule has 31 heavy (non-hydrogen) atoms. The van der Waals surface area contributed by atoms with E-state index in [2.05, 4.69) is 5.32 Å². The van der Waals surface area contributed by atoms with E-state index in [-0.39, 0.29) is 42.2 Å². The molecule has 0 radical (unpaired) electrons. The molecule has 0 saturated carbocycles. The summed E-state index contributed by atoms with van der Waals surface area (Å²) in [4.78, 5) is 39.3. The molecule has 6 nitrogen and oxygen atoms in total. The van der Waals surface area contributed by atoms with E-state index in [1.807, 2.05) is 63.2 Å². The highest BCUT2D eigenvalue weighted by atomic mass is 16.5. The average molecular weight is 421 g/mol. The summed E-state index contributed by atoms with van der Waals surface area (Å²) >= 11 is 0. The fraction of sp³-hybridized carbons (Fsp3) is 0.400. The van der Waals surface area contributed by atoms with Crippen molar-refractivity contribution < 1.29 is 19.1 Å². The van der Waals surface area contributed by atoms with Gasteiger partial charge in [0.15, 0.2) is 12.4 Å². The van der Waals surface area contributed by atoms with Crippen LogP contribution in [0.5, 0.6) is 5.75 Å². The average Bonchev–Trinajstić information content (AvgIpc) is 3.24. The molecular formula is C25H28N2O4. The van der Waals surface area contributed by atoms with Crippen LogP contribution < -0.4 is 10.1 Å². The van der Waals surface area contributed by atoms with Gasteiger partial charge >= 0.3 is 0 Å². The zero-order chi connectivity index (χ0) is 22.1. The van der Waals surface area contributed by atoms with E-state index in [9.17, 15) is 14.4 Å². The Bertz CT molecular complexity index is 1010. The van der Waals surface area contributed by atoms with Gasteiger partial charge in [-0.15, -0.1) is 0 Å². The molecule has 2 aromatic carbocycles. The van der Waals surface area contributed by atoms with E-state index < -0.39 is 0 Å². The second-order valence-electron chi connectivity index (χ2n) is 8.52. The summed E-state index contributed by atoms with van der Waals surface area (Å²) in [5.74, 6) is 0.640. The molecule has 2 heterocycles. The Labute approximate surface area is 182 Å². The number of hydrogen-bond donors (Lipinski definition) is 1. The molecule has 2 amide bonds. The molecule has 6 heteroatoms. The number of amides is 2. The molecule has 1 N–H and O–H groups in total. The number of hydrogen-bond acceptors (Lipinski definition) is 4. The summed E-state index contributed by atoms with van der Waals surface area (Å²) in [6.45, 7) is 6.59. The van der Waals surface area contributed by atoms with Gasteiger partial charge in [0.2, 0.25) is 0 Å². The number of nitrogens with zero attached hydrogens (tertiary/aromatic N) is 1. The van der Waals surface area contributed by atoms with Gasteiger partial charge in [0, 0.05) is 18.5 Å². The van der Waals surface area contributed by atoms with Gasteiger partial charge in [-0.05, 0) is 47.2 Å². The van der Waals surface area contributed by atoms with Gasteiger partial charge in [-0.3, -0.25) is 14.4 Å². The fourth-order valence-corrected chi connectivity index (χ4v) is 4.66. The monoisotopic (exact) mass is 420 g/mol. The summed E-state index contributed by atoms with van der Waals surface area (Å²) in [6, 6.07) is 12.7. The fourth-order valence-electron chi connectivity index (χ4n) is 4.66. The third-order valence-electron chi connectivity index (χ3n) is 6.00. The number of nitrogens with one attached hydrogen (secondary N) is 1. The predicted octanol–water partition coefficient (Wildman–Crippen LogP) is 3.75. The summed E-state index contributed by atoms with van der Waals surface area (Å²) in [5.41, 5.74) is 3.54. The van der Waals surface area contributed by atoms with E-state index in [4.69, 9.17) is 4.74 Å². The molecule has 1 fully saturated rings. The van der Waals surface area contributed by atoms with Crippen LogP contribution >= 0.6 is 0 Å². The van der Waals surface area contributed by atoms with Crippen molar-refractivity contribution >= 4 is 17.6 Å². The summed E-state index contributed by atoms with van der Waals surface area (Å²) in [7, 11) is 0. The largest absolute Gasteiger partial charge is 0.484 e. The zero-order valence-electron chi connectivity index (χ0n) is 18.2. The van der Waals surface area contributed by atoms with Crippen molar-refractivity contribution in [2.45, 2.75) is 45.7 Å². The second-order valence-corrected chi connectivity index (χ2v) is 8.52. The SMILES string of the molecule is CCCNC(=O)COc1ccc(-c2cccc3c2C2CC(=O)C(C(C)C)N2C3=O)cc1. The molecule has 2 aliphatic heterocycles. The highest BCUT2D eigenvalue weighted by molar-refractivity contribution is 6.07. The minimum absolute atomic E-state index is 0.0235. The third-order valence-corrected chi connectivity index (χ3v) is 6.00. The van der Waals surface area contributed by atoms with Crippen molar-refractivity contribution in [3.8, 4) is 16.9 Å². The first kappa shape index (κ1) is 21.1. The Kier molecular flexibility index (Phi) is 5.81. The van der Waals surface area contributed by atoms with Crippen molar-refractivity contribution in [3.05, 3.63) is 53.6 Å². The predicted molar refractivity (Wildman–Crippen MR) is 118 cm³/mol. The summed E-state index contributed by atoms with van der Waals surface area (Å²) in [6.07, 6.45) is 1.25. The van der Waals surface area contributed by atoms with Crippen molar-refractivity contribution in [2.75, 3.05) is 13.2 Å². The number of fused-ring (bicyclic) bond motifs is 3. The first-order chi connectivity index (χ1) is 14.9. The van der Waals surface area contributed by atoms with E-state index in [0.29, 0.717) is 24.3 Å². The van der Waals surface area contributed by atoms with Crippen LogP contribution in [0.1, 0.15) is 55.6 Å². The summed E-state index contributed by atoms with van der Waals surface area (Å²) in [5, 5.41) is 2.78. The van der Waals surface area contributed by atoms with E-state index in [0.717, 1.165) is 23.1 Å². The Morgan fingerprint density at radius 2 is 1.84 bits per heavy atom. The van der Waals surface area contributed by atoms with Crippen LogP contribution in [-0.4, -0.2) is 41.7 Å². The van der Waals surface area contributed by atoms with Crippen LogP contribution in [0, 0.1) is 5.92 Å².